The number of nitrogens with zero attached hydrogens (tertiary/aromatic N) is 5. The van der Waals surface area contributed by atoms with E-state index in [-0.39, 0.29) is 29.3 Å². The SMILES string of the molecule is CCCCC=CCCC(C(=O)N1CCCCC1c1cc2nc(N3CCCC3)c(C)cn2n1)C(CC)(NNC(C)C)C(C)(CC)CC. The van der Waals surface area contributed by atoms with Crippen LogP contribution in [0.4, 0.5) is 5.82 Å². The average Bonchev–Trinajstić information content (AvgIpc) is 3.75. The van der Waals surface area contributed by atoms with Crippen LogP contribution in [0.15, 0.2) is 24.4 Å². The van der Waals surface area contributed by atoms with E-state index in [2.05, 4.69) is 100 Å². The predicted octanol–water partition coefficient (Wildman–Crippen LogP) is 8.31. The minimum Gasteiger partial charge on any atom is -0.356 e. The van der Waals surface area contributed by atoms with Gasteiger partial charge in [0.1, 0.15) is 5.82 Å². The number of unbranched alkanes of at least 4 members (excludes halogenated alkanes) is 2. The molecule has 4 heterocycles. The third-order valence-corrected chi connectivity index (χ3v) is 11.3. The number of hydrogen-bond donors (Lipinski definition) is 2. The maximum Gasteiger partial charge on any atom is 0.228 e. The lowest BCUT2D eigenvalue weighted by molar-refractivity contribution is -0.147. The van der Waals surface area contributed by atoms with Crippen LogP contribution in [0.3, 0.4) is 0 Å². The number of fused-ring (bicyclic) bond motifs is 1. The van der Waals surface area contributed by atoms with Gasteiger partial charge < -0.3 is 9.80 Å². The molecule has 3 atom stereocenters. The smallest absolute Gasteiger partial charge is 0.228 e. The van der Waals surface area contributed by atoms with Crippen molar-refractivity contribution in [1.82, 2.24) is 30.3 Å². The number of rotatable bonds is 17. The van der Waals surface area contributed by atoms with Crippen molar-refractivity contribution in [3.63, 3.8) is 0 Å². The standard InChI is InChI=1S/C38H65N7O/c1-9-13-14-15-16-17-22-31(38(12-4,42-40-29(5)6)37(8,10-2)11-3)36(46)44-26-19-18-23-33(44)32-27-34-39-35(43-24-20-21-25-43)30(7)28-45(34)41-32/h15-16,27-29,31,33,40,42H,9-14,17-26H2,1-8H3. The van der Waals surface area contributed by atoms with Crippen molar-refractivity contribution >= 4 is 17.4 Å². The van der Waals surface area contributed by atoms with Crippen molar-refractivity contribution < 1.29 is 4.79 Å². The molecule has 8 heteroatoms. The van der Waals surface area contributed by atoms with E-state index in [9.17, 15) is 0 Å². The molecule has 0 radical (unpaired) electrons. The Labute approximate surface area is 280 Å². The first kappa shape index (κ1) is 36.4. The molecule has 2 saturated heterocycles. The van der Waals surface area contributed by atoms with Crippen LogP contribution in [0, 0.1) is 18.3 Å². The van der Waals surface area contributed by atoms with E-state index >= 15 is 4.79 Å². The molecule has 0 saturated carbocycles. The molecule has 0 aromatic carbocycles. The van der Waals surface area contributed by atoms with Gasteiger partial charge in [0.15, 0.2) is 5.65 Å². The largest absolute Gasteiger partial charge is 0.356 e. The first-order chi connectivity index (χ1) is 22.1. The fourth-order valence-electron chi connectivity index (χ4n) is 8.11. The van der Waals surface area contributed by atoms with Crippen molar-refractivity contribution in [2.45, 2.75) is 156 Å². The van der Waals surface area contributed by atoms with Crippen molar-refractivity contribution in [3.05, 3.63) is 35.7 Å². The number of allylic oxidation sites excluding steroid dienone is 2. The minimum atomic E-state index is -0.403. The Morgan fingerprint density at radius 3 is 2.37 bits per heavy atom. The minimum absolute atomic E-state index is 0.0387. The van der Waals surface area contributed by atoms with Crippen molar-refractivity contribution in [1.29, 1.82) is 0 Å². The lowest BCUT2D eigenvalue weighted by Crippen LogP contribution is -2.68. The molecule has 46 heavy (non-hydrogen) atoms. The van der Waals surface area contributed by atoms with E-state index in [4.69, 9.17) is 10.1 Å². The first-order valence-electron chi connectivity index (χ1n) is 18.7. The summed E-state index contributed by atoms with van der Waals surface area (Å²) in [6, 6.07) is 2.37. The summed E-state index contributed by atoms with van der Waals surface area (Å²) in [5, 5.41) is 5.09. The predicted molar refractivity (Wildman–Crippen MR) is 192 cm³/mol. The van der Waals surface area contributed by atoms with Gasteiger partial charge in [-0.25, -0.2) is 9.50 Å². The summed E-state index contributed by atoms with van der Waals surface area (Å²) in [5.74, 6) is 1.18. The van der Waals surface area contributed by atoms with Gasteiger partial charge in [-0.3, -0.25) is 15.6 Å². The number of likely N-dealkylation sites (tertiary alicyclic amines) is 1. The van der Waals surface area contributed by atoms with Crippen molar-refractivity contribution in [2.24, 2.45) is 11.3 Å². The summed E-state index contributed by atoms with van der Waals surface area (Å²) < 4.78 is 1.94. The summed E-state index contributed by atoms with van der Waals surface area (Å²) in [5.41, 5.74) is 9.99. The Hall–Kier alpha value is -2.45. The van der Waals surface area contributed by atoms with Crippen molar-refractivity contribution in [2.75, 3.05) is 24.5 Å². The van der Waals surface area contributed by atoms with E-state index in [1.165, 1.54) is 25.7 Å². The van der Waals surface area contributed by atoms with E-state index in [0.29, 0.717) is 0 Å². The summed E-state index contributed by atoms with van der Waals surface area (Å²) in [4.78, 5) is 25.0. The monoisotopic (exact) mass is 636 g/mol. The Bertz CT molecular complexity index is 1280. The highest BCUT2D eigenvalue weighted by Crippen LogP contribution is 2.48. The molecule has 0 aliphatic carbocycles. The molecule has 0 spiro atoms. The van der Waals surface area contributed by atoms with E-state index in [1.807, 2.05) is 4.52 Å². The Balaban J connectivity index is 1.73. The van der Waals surface area contributed by atoms with Crippen LogP contribution in [0.2, 0.25) is 0 Å². The first-order valence-corrected chi connectivity index (χ1v) is 18.7. The number of aryl methyl sites for hydroxylation is 1. The molecule has 3 unspecified atom stereocenters. The molecule has 2 aliphatic rings. The Morgan fingerprint density at radius 2 is 1.72 bits per heavy atom. The molecule has 258 valence electrons. The molecule has 2 fully saturated rings. The molecular weight excluding hydrogens is 570 g/mol. The number of carbonyl (C=O) groups excluding carboxylic acids is 1. The maximum atomic E-state index is 15.3. The number of aromatic nitrogens is 3. The Morgan fingerprint density at radius 1 is 1.02 bits per heavy atom. The van der Waals surface area contributed by atoms with Gasteiger partial charge in [0.2, 0.25) is 5.91 Å². The number of carbonyl (C=O) groups is 1. The van der Waals surface area contributed by atoms with Gasteiger partial charge in [-0.1, -0.05) is 59.6 Å². The highest BCUT2D eigenvalue weighted by Gasteiger charge is 2.53. The fourth-order valence-corrected chi connectivity index (χ4v) is 8.11. The molecule has 0 bridgehead atoms. The normalized spacial score (nSPS) is 19.9. The van der Waals surface area contributed by atoms with Crippen LogP contribution in [-0.4, -0.2) is 56.6 Å². The van der Waals surface area contributed by atoms with Crippen molar-refractivity contribution in [3.8, 4) is 0 Å². The van der Waals surface area contributed by atoms with Gasteiger partial charge in [0, 0.05) is 49.0 Å². The van der Waals surface area contributed by atoms with Gasteiger partial charge in [-0.15, -0.1) is 0 Å². The summed E-state index contributed by atoms with van der Waals surface area (Å²) in [6.07, 6.45) is 20.4. The van der Waals surface area contributed by atoms with Crippen LogP contribution >= 0.6 is 0 Å². The number of anilines is 1. The second-order valence-electron chi connectivity index (χ2n) is 14.6. The molecular formula is C38H65N7O. The lowest BCUT2D eigenvalue weighted by Gasteiger charge is -2.54. The van der Waals surface area contributed by atoms with E-state index in [1.54, 1.807) is 0 Å². The topological polar surface area (TPSA) is 77.8 Å². The van der Waals surface area contributed by atoms with Gasteiger partial charge >= 0.3 is 0 Å². The number of hydrogen-bond acceptors (Lipinski definition) is 6. The molecule has 2 N–H and O–H groups in total. The molecule has 1 amide bonds. The summed E-state index contributed by atoms with van der Waals surface area (Å²) in [6.45, 7) is 20.9. The third-order valence-electron chi connectivity index (χ3n) is 11.3. The van der Waals surface area contributed by atoms with Crippen LogP contribution in [0.25, 0.3) is 5.65 Å². The lowest BCUT2D eigenvalue weighted by atomic mass is 9.59. The second kappa shape index (κ2) is 16.6. The second-order valence-corrected chi connectivity index (χ2v) is 14.6. The number of piperidine rings is 1. The average molecular weight is 636 g/mol. The number of nitrogens with one attached hydrogen (secondary N) is 2. The van der Waals surface area contributed by atoms with Crippen LogP contribution < -0.4 is 15.8 Å². The quantitative estimate of drug-likeness (QED) is 0.103. The summed E-state index contributed by atoms with van der Waals surface area (Å²) in [7, 11) is 0. The Kier molecular flexibility index (Phi) is 13.1. The fraction of sp³-hybridized carbons (Fsp3) is 0.763. The van der Waals surface area contributed by atoms with Crippen LogP contribution in [0.5, 0.6) is 0 Å². The highest BCUT2D eigenvalue weighted by atomic mass is 16.2. The molecule has 2 aromatic heterocycles. The van der Waals surface area contributed by atoms with Crippen LogP contribution in [-0.2, 0) is 4.79 Å². The molecule has 2 aliphatic heterocycles. The molecule has 2 aromatic rings. The maximum absolute atomic E-state index is 15.3. The van der Waals surface area contributed by atoms with E-state index in [0.717, 1.165) is 100 Å². The van der Waals surface area contributed by atoms with Gasteiger partial charge in [0.05, 0.1) is 17.7 Å². The highest BCUT2D eigenvalue weighted by molar-refractivity contribution is 5.81. The number of amides is 1. The van der Waals surface area contributed by atoms with Gasteiger partial charge in [-0.2, -0.15) is 5.10 Å². The zero-order chi connectivity index (χ0) is 33.3. The number of hydrazine groups is 1. The zero-order valence-corrected chi connectivity index (χ0v) is 30.5. The van der Waals surface area contributed by atoms with Gasteiger partial charge in [-0.05, 0) is 96.8 Å². The van der Waals surface area contributed by atoms with E-state index < -0.39 is 5.54 Å². The zero-order valence-electron chi connectivity index (χ0n) is 30.5. The van der Waals surface area contributed by atoms with Gasteiger partial charge in [0.25, 0.3) is 0 Å². The van der Waals surface area contributed by atoms with Crippen LogP contribution in [0.1, 0.15) is 149 Å². The molecule has 8 nitrogen and oxygen atoms in total. The summed E-state index contributed by atoms with van der Waals surface area (Å²) >= 11 is 0. The molecule has 4 rings (SSSR count). The third kappa shape index (κ3) is 7.81.